The van der Waals surface area contributed by atoms with E-state index >= 15 is 0 Å². The number of hydrogen-bond acceptors (Lipinski definition) is 2. The molecule has 0 amide bonds. The predicted molar refractivity (Wildman–Crippen MR) is 84.9 cm³/mol. The number of nitrogens with one attached hydrogen (secondary N) is 1. The lowest BCUT2D eigenvalue weighted by atomic mass is 10.1. The third-order valence-electron chi connectivity index (χ3n) is 3.43. The molecule has 0 saturated heterocycles. The molecule has 8 heteroatoms. The zero-order valence-electron chi connectivity index (χ0n) is 13.8. The van der Waals surface area contributed by atoms with Gasteiger partial charge in [0.1, 0.15) is 0 Å². The van der Waals surface area contributed by atoms with Gasteiger partial charge < -0.3 is 11.1 Å². The number of guanidine groups is 1. The largest absolute Gasteiger partial charge is 0.435 e. The molecule has 0 unspecified atom stereocenters. The van der Waals surface area contributed by atoms with Gasteiger partial charge in [0.25, 0.3) is 0 Å². The van der Waals surface area contributed by atoms with Crippen LogP contribution < -0.4 is 11.1 Å². The van der Waals surface area contributed by atoms with E-state index in [1.807, 2.05) is 0 Å². The normalized spacial score (nSPS) is 12.7. The maximum atomic E-state index is 12.8. The Morgan fingerprint density at radius 2 is 1.91 bits per heavy atom. The molecule has 1 heterocycles. The lowest BCUT2D eigenvalue weighted by Crippen LogP contribution is -2.32. The molecule has 0 atom stereocenters. The maximum Gasteiger partial charge on any atom is 0.435 e. The Kier molecular flexibility index (Phi) is 7.91. The molecule has 132 valence electrons. The number of nitrogens with zero attached hydrogens (tertiary/aromatic N) is 3. The van der Waals surface area contributed by atoms with Crippen LogP contribution in [-0.4, -0.2) is 22.3 Å². The summed E-state index contributed by atoms with van der Waals surface area (Å²) in [6.45, 7) is 2.71. The zero-order valence-corrected chi connectivity index (χ0v) is 13.8. The first-order valence-corrected chi connectivity index (χ1v) is 7.98. The van der Waals surface area contributed by atoms with Crippen molar-refractivity contribution in [2.24, 2.45) is 17.8 Å². The molecule has 3 N–H and O–H groups in total. The topological polar surface area (TPSA) is 68.2 Å². The first-order valence-electron chi connectivity index (χ1n) is 7.98. The van der Waals surface area contributed by atoms with Crippen LogP contribution in [0.15, 0.2) is 11.2 Å². The molecule has 1 aromatic rings. The summed E-state index contributed by atoms with van der Waals surface area (Å²) in [5.74, 6) is 0.163. The summed E-state index contributed by atoms with van der Waals surface area (Å²) < 4.78 is 39.5. The molecule has 0 aliphatic carbocycles. The summed E-state index contributed by atoms with van der Waals surface area (Å²) >= 11 is 0. The summed E-state index contributed by atoms with van der Waals surface area (Å²) in [7, 11) is 1.45. The second-order valence-electron chi connectivity index (χ2n) is 5.57. The van der Waals surface area contributed by atoms with Crippen LogP contribution in [0.2, 0.25) is 0 Å². The van der Waals surface area contributed by atoms with Crippen molar-refractivity contribution in [3.05, 3.63) is 17.5 Å². The lowest BCUT2D eigenvalue weighted by molar-refractivity contribution is -0.142. The monoisotopic (exact) mass is 333 g/mol. The highest BCUT2D eigenvalue weighted by Crippen LogP contribution is 2.30. The number of hydrogen-bond donors (Lipinski definition) is 2. The number of aliphatic imine (C=N–C) groups is 1. The number of aromatic nitrogens is 2. The van der Waals surface area contributed by atoms with E-state index in [0.29, 0.717) is 6.54 Å². The third-order valence-corrected chi connectivity index (χ3v) is 3.43. The molecule has 23 heavy (non-hydrogen) atoms. The molecule has 0 bridgehead atoms. The number of alkyl halides is 3. The first kappa shape index (κ1) is 19.3. The second-order valence-corrected chi connectivity index (χ2v) is 5.57. The van der Waals surface area contributed by atoms with Crippen molar-refractivity contribution in [1.29, 1.82) is 0 Å². The average Bonchev–Trinajstić information content (AvgIpc) is 2.85. The Balaban J connectivity index is 2.37. The number of rotatable bonds is 9. The molecule has 0 aliphatic heterocycles. The van der Waals surface area contributed by atoms with Crippen LogP contribution in [0.25, 0.3) is 0 Å². The van der Waals surface area contributed by atoms with Crippen molar-refractivity contribution in [1.82, 2.24) is 15.1 Å². The van der Waals surface area contributed by atoms with E-state index in [1.165, 1.54) is 38.9 Å². The van der Waals surface area contributed by atoms with Gasteiger partial charge in [0.15, 0.2) is 11.7 Å². The number of nitrogens with two attached hydrogens (primary N) is 1. The van der Waals surface area contributed by atoms with E-state index in [1.54, 1.807) is 0 Å². The maximum absolute atomic E-state index is 12.8. The summed E-state index contributed by atoms with van der Waals surface area (Å²) in [5, 5.41) is 6.36. The standard InChI is InChI=1S/C15H26F3N5/c1-3-4-5-6-7-8-9-20-14(19)21-10-12-11-23(2)22-13(12)15(16,17)18/h11H,3-10H2,1-2H3,(H3,19,20,21). The van der Waals surface area contributed by atoms with E-state index in [-0.39, 0.29) is 18.1 Å². The van der Waals surface area contributed by atoms with Crippen molar-refractivity contribution < 1.29 is 13.2 Å². The minimum absolute atomic E-state index is 0.0179. The molecule has 0 spiro atoms. The van der Waals surface area contributed by atoms with Gasteiger partial charge >= 0.3 is 6.18 Å². The second kappa shape index (κ2) is 9.42. The molecule has 0 saturated carbocycles. The fourth-order valence-corrected chi connectivity index (χ4v) is 2.24. The van der Waals surface area contributed by atoms with Crippen molar-refractivity contribution in [3.8, 4) is 0 Å². The van der Waals surface area contributed by atoms with Crippen molar-refractivity contribution in [2.45, 2.75) is 58.2 Å². The van der Waals surface area contributed by atoms with E-state index in [2.05, 4.69) is 22.3 Å². The Hall–Kier alpha value is -1.73. The molecular weight excluding hydrogens is 307 g/mol. The fourth-order valence-electron chi connectivity index (χ4n) is 2.24. The Bertz CT molecular complexity index is 494. The molecule has 0 aliphatic rings. The van der Waals surface area contributed by atoms with Crippen LogP contribution in [0.4, 0.5) is 13.2 Å². The van der Waals surface area contributed by atoms with Crippen molar-refractivity contribution in [3.63, 3.8) is 0 Å². The van der Waals surface area contributed by atoms with E-state index in [0.717, 1.165) is 17.5 Å². The molecule has 0 radical (unpaired) electrons. The van der Waals surface area contributed by atoms with E-state index in [4.69, 9.17) is 5.73 Å². The van der Waals surface area contributed by atoms with Gasteiger partial charge in [-0.25, -0.2) is 4.99 Å². The van der Waals surface area contributed by atoms with Gasteiger partial charge in [0, 0.05) is 25.4 Å². The number of halogens is 3. The highest BCUT2D eigenvalue weighted by molar-refractivity contribution is 5.77. The van der Waals surface area contributed by atoms with Crippen LogP contribution in [0.1, 0.15) is 56.7 Å². The van der Waals surface area contributed by atoms with E-state index < -0.39 is 11.9 Å². The molecule has 0 aromatic carbocycles. The van der Waals surface area contributed by atoms with Crippen LogP contribution in [0.5, 0.6) is 0 Å². The Morgan fingerprint density at radius 1 is 1.26 bits per heavy atom. The van der Waals surface area contributed by atoms with Crippen LogP contribution in [-0.2, 0) is 19.8 Å². The van der Waals surface area contributed by atoms with Crippen LogP contribution in [0.3, 0.4) is 0 Å². The quantitative estimate of drug-likeness (QED) is 0.414. The first-order chi connectivity index (χ1) is 10.8. The van der Waals surface area contributed by atoms with Gasteiger partial charge in [0.05, 0.1) is 6.54 Å². The SMILES string of the molecule is CCCCCCCCNC(N)=NCc1cn(C)nc1C(F)(F)F. The van der Waals surface area contributed by atoms with Crippen molar-refractivity contribution in [2.75, 3.05) is 6.54 Å². The Morgan fingerprint density at radius 3 is 2.57 bits per heavy atom. The highest BCUT2D eigenvalue weighted by Gasteiger charge is 2.36. The third kappa shape index (κ3) is 7.38. The summed E-state index contributed by atoms with van der Waals surface area (Å²) in [6.07, 6.45) is 3.82. The Labute approximate surface area is 135 Å². The van der Waals surface area contributed by atoms with Crippen LogP contribution in [0, 0.1) is 0 Å². The van der Waals surface area contributed by atoms with Gasteiger partial charge in [0.2, 0.25) is 0 Å². The van der Waals surface area contributed by atoms with Gasteiger partial charge in [-0.3, -0.25) is 4.68 Å². The van der Waals surface area contributed by atoms with Crippen LogP contribution >= 0.6 is 0 Å². The molecule has 1 aromatic heterocycles. The smallest absolute Gasteiger partial charge is 0.370 e. The molecule has 0 fully saturated rings. The summed E-state index contributed by atoms with van der Waals surface area (Å²) in [5.41, 5.74) is 4.79. The van der Waals surface area contributed by atoms with Gasteiger partial charge in [-0.15, -0.1) is 0 Å². The lowest BCUT2D eigenvalue weighted by Gasteiger charge is -2.07. The fraction of sp³-hybridized carbons (Fsp3) is 0.733. The predicted octanol–water partition coefficient (Wildman–Crippen LogP) is 3.20. The number of aryl methyl sites for hydroxylation is 1. The highest BCUT2D eigenvalue weighted by atomic mass is 19.4. The van der Waals surface area contributed by atoms with Crippen molar-refractivity contribution >= 4 is 5.96 Å². The molecule has 5 nitrogen and oxygen atoms in total. The summed E-state index contributed by atoms with van der Waals surface area (Å²) in [4.78, 5) is 3.96. The molecule has 1 rings (SSSR count). The summed E-state index contributed by atoms with van der Waals surface area (Å²) in [6, 6.07) is 0. The minimum atomic E-state index is -4.48. The average molecular weight is 333 g/mol. The van der Waals surface area contributed by atoms with Gasteiger partial charge in [-0.1, -0.05) is 39.0 Å². The minimum Gasteiger partial charge on any atom is -0.370 e. The van der Waals surface area contributed by atoms with Gasteiger partial charge in [-0.2, -0.15) is 18.3 Å². The number of unbranched alkanes of at least 4 members (excludes halogenated alkanes) is 5. The van der Waals surface area contributed by atoms with E-state index in [9.17, 15) is 13.2 Å². The van der Waals surface area contributed by atoms with Gasteiger partial charge in [-0.05, 0) is 6.42 Å². The zero-order chi connectivity index (χ0) is 17.3. The molecular formula is C15H26F3N5.